The van der Waals surface area contributed by atoms with Crippen LogP contribution in [0.4, 0.5) is 0 Å². The number of thioether (sulfide) groups is 1. The monoisotopic (exact) mass is 498 g/mol. The first-order chi connectivity index (χ1) is 17.0. The van der Waals surface area contributed by atoms with Crippen LogP contribution in [-0.2, 0) is 25.7 Å². The smallest absolute Gasteiger partial charge is 0.310 e. The third kappa shape index (κ3) is 4.66. The van der Waals surface area contributed by atoms with Crippen molar-refractivity contribution in [1.29, 1.82) is 0 Å². The highest BCUT2D eigenvalue weighted by molar-refractivity contribution is 8.02. The Morgan fingerprint density at radius 1 is 1.26 bits per heavy atom. The van der Waals surface area contributed by atoms with Gasteiger partial charge < -0.3 is 19.6 Å². The molecule has 1 spiro atoms. The highest BCUT2D eigenvalue weighted by atomic mass is 32.2. The van der Waals surface area contributed by atoms with E-state index in [2.05, 4.69) is 13.2 Å². The molecule has 1 aromatic carbocycles. The van der Waals surface area contributed by atoms with Crippen molar-refractivity contribution in [1.82, 2.24) is 9.80 Å². The molecule has 3 heterocycles. The number of aliphatic hydroxyl groups is 1. The molecule has 0 radical (unpaired) electrons. The number of likely N-dealkylation sites (tertiary alicyclic amines) is 1. The molecule has 188 valence electrons. The number of β-amino-alcohol motifs (C(OH)–C–C–N with tert-alkyl or cyclic N) is 1. The second kappa shape index (κ2) is 11.0. The van der Waals surface area contributed by atoms with Crippen LogP contribution in [0, 0.1) is 11.8 Å². The molecular weight excluding hydrogens is 464 g/mol. The number of fused-ring (bicyclic) bond motifs is 1. The predicted octanol–water partition coefficient (Wildman–Crippen LogP) is 2.79. The zero-order valence-corrected chi connectivity index (χ0v) is 20.8. The topological polar surface area (TPSA) is 87.1 Å². The zero-order chi connectivity index (χ0) is 25.0. The van der Waals surface area contributed by atoms with Gasteiger partial charge in [0.2, 0.25) is 11.8 Å². The molecule has 7 nitrogen and oxygen atoms in total. The molecule has 2 amide bonds. The van der Waals surface area contributed by atoms with E-state index in [9.17, 15) is 19.5 Å². The Morgan fingerprint density at radius 3 is 2.71 bits per heavy atom. The van der Waals surface area contributed by atoms with Gasteiger partial charge in [0.1, 0.15) is 6.04 Å². The number of esters is 1. The van der Waals surface area contributed by atoms with Crippen LogP contribution in [0.3, 0.4) is 0 Å². The van der Waals surface area contributed by atoms with Gasteiger partial charge in [-0.3, -0.25) is 14.4 Å². The Kier molecular flexibility index (Phi) is 8.02. The van der Waals surface area contributed by atoms with E-state index in [0.29, 0.717) is 32.5 Å². The number of carbonyl (C=O) groups excluding carboxylic acids is 3. The average Bonchev–Trinajstić information content (AvgIpc) is 3.50. The molecular formula is C27H34N2O5S. The molecule has 1 N–H and O–H groups in total. The first-order valence-corrected chi connectivity index (χ1v) is 13.2. The third-order valence-corrected chi connectivity index (χ3v) is 9.27. The Bertz CT molecular complexity index is 970. The fourth-order valence-electron chi connectivity index (χ4n) is 5.91. The molecule has 0 aliphatic carbocycles. The Balaban J connectivity index is 1.62. The molecule has 4 rings (SSSR count). The Morgan fingerprint density at radius 2 is 2.03 bits per heavy atom. The Labute approximate surface area is 211 Å². The highest BCUT2D eigenvalue weighted by Gasteiger charge is 2.74. The van der Waals surface area contributed by atoms with E-state index < -0.39 is 22.6 Å². The number of rotatable bonds is 12. The molecule has 1 aromatic rings. The normalized spacial score (nSPS) is 28.6. The van der Waals surface area contributed by atoms with Crippen molar-refractivity contribution in [2.75, 3.05) is 26.3 Å². The second-order valence-corrected chi connectivity index (χ2v) is 11.0. The van der Waals surface area contributed by atoms with Crippen molar-refractivity contribution < 1.29 is 24.2 Å². The second-order valence-electron chi connectivity index (χ2n) is 9.40. The lowest BCUT2D eigenvalue weighted by atomic mass is 9.71. The molecule has 8 heteroatoms. The molecule has 3 aliphatic rings. The number of hydrogen-bond acceptors (Lipinski definition) is 6. The predicted molar refractivity (Wildman–Crippen MR) is 135 cm³/mol. The lowest BCUT2D eigenvalue weighted by Crippen LogP contribution is -2.54. The lowest BCUT2D eigenvalue weighted by Gasteiger charge is -2.37. The summed E-state index contributed by atoms with van der Waals surface area (Å²) in [7, 11) is 0. The minimum absolute atomic E-state index is 0.0376. The van der Waals surface area contributed by atoms with Gasteiger partial charge in [0, 0.05) is 24.9 Å². The fourth-order valence-corrected chi connectivity index (χ4v) is 8.11. The number of amides is 2. The van der Waals surface area contributed by atoms with Crippen molar-refractivity contribution in [2.45, 2.75) is 48.3 Å². The summed E-state index contributed by atoms with van der Waals surface area (Å²) in [5.41, 5.74) is 0.985. The van der Waals surface area contributed by atoms with Crippen molar-refractivity contribution in [3.05, 3.63) is 61.2 Å². The van der Waals surface area contributed by atoms with Crippen LogP contribution in [0.2, 0.25) is 0 Å². The van der Waals surface area contributed by atoms with E-state index in [4.69, 9.17) is 4.74 Å². The minimum atomic E-state index is -0.732. The molecule has 2 bridgehead atoms. The van der Waals surface area contributed by atoms with E-state index in [1.807, 2.05) is 30.3 Å². The maximum atomic E-state index is 14.1. The summed E-state index contributed by atoms with van der Waals surface area (Å²) in [4.78, 5) is 44.1. The quantitative estimate of drug-likeness (QED) is 0.271. The third-order valence-electron chi connectivity index (χ3n) is 7.32. The van der Waals surface area contributed by atoms with Crippen molar-refractivity contribution >= 4 is 29.5 Å². The van der Waals surface area contributed by atoms with Crippen LogP contribution < -0.4 is 0 Å². The maximum Gasteiger partial charge on any atom is 0.310 e. The average molecular weight is 499 g/mol. The highest BCUT2D eigenvalue weighted by Crippen LogP contribution is 2.66. The number of aliphatic hydroxyl groups excluding tert-OH is 1. The van der Waals surface area contributed by atoms with Gasteiger partial charge in [0.05, 0.1) is 29.8 Å². The fraction of sp³-hybridized carbons (Fsp3) is 0.519. The van der Waals surface area contributed by atoms with Crippen LogP contribution in [0.25, 0.3) is 0 Å². The minimum Gasteiger partial charge on any atom is -0.465 e. The van der Waals surface area contributed by atoms with Gasteiger partial charge in [-0.25, -0.2) is 0 Å². The Hall–Kier alpha value is -2.58. The standard InChI is InChI=1S/C27H34N2O5S/c1-3-5-9-17-34-26(33)21-20-12-13-27(35-20)22(21)24(31)29(15-16-30)23(27)25(32)28(14-4-2)18-19-10-7-6-8-11-19/h3-4,6-8,10-11,20-23,30H,1-2,5,9,12-18H2/t20-,21+,22+,23?,27?/m1/s1. The summed E-state index contributed by atoms with van der Waals surface area (Å²) in [5, 5.41) is 9.71. The molecule has 3 fully saturated rings. The van der Waals surface area contributed by atoms with Crippen LogP contribution in [0.15, 0.2) is 55.6 Å². The van der Waals surface area contributed by atoms with Gasteiger partial charge in [0.25, 0.3) is 0 Å². The summed E-state index contributed by atoms with van der Waals surface area (Å²) >= 11 is 1.61. The molecule has 2 unspecified atom stereocenters. The van der Waals surface area contributed by atoms with Gasteiger partial charge in [0.15, 0.2) is 0 Å². The van der Waals surface area contributed by atoms with Gasteiger partial charge >= 0.3 is 5.97 Å². The number of carbonyl (C=O) groups is 3. The van der Waals surface area contributed by atoms with E-state index in [1.165, 1.54) is 4.90 Å². The number of hydrogen-bond donors (Lipinski definition) is 1. The molecule has 3 saturated heterocycles. The van der Waals surface area contributed by atoms with Crippen molar-refractivity contribution in [3.63, 3.8) is 0 Å². The summed E-state index contributed by atoms with van der Waals surface area (Å²) in [6, 6.07) is 8.98. The van der Waals surface area contributed by atoms with Crippen LogP contribution in [-0.4, -0.2) is 75.0 Å². The maximum absolute atomic E-state index is 14.1. The molecule has 3 aliphatic heterocycles. The number of ether oxygens (including phenoxy) is 1. The SMILES string of the molecule is C=CCCCOC(=O)[C@@H]1[C@H]2C(=O)N(CCO)C(C(=O)N(CC=C)Cc3ccccc3)C23CC[C@H]1S3. The van der Waals surface area contributed by atoms with Crippen molar-refractivity contribution in [2.24, 2.45) is 11.8 Å². The van der Waals surface area contributed by atoms with E-state index in [0.717, 1.165) is 18.4 Å². The van der Waals surface area contributed by atoms with Crippen LogP contribution >= 0.6 is 11.8 Å². The van der Waals surface area contributed by atoms with Crippen LogP contribution in [0.5, 0.6) is 0 Å². The molecule has 35 heavy (non-hydrogen) atoms. The van der Waals surface area contributed by atoms with Crippen molar-refractivity contribution in [3.8, 4) is 0 Å². The first kappa shape index (κ1) is 25.5. The van der Waals surface area contributed by atoms with E-state index >= 15 is 0 Å². The van der Waals surface area contributed by atoms with E-state index in [-0.39, 0.29) is 36.2 Å². The summed E-state index contributed by atoms with van der Waals surface area (Å²) in [6.45, 7) is 8.35. The van der Waals surface area contributed by atoms with Gasteiger partial charge in [-0.15, -0.1) is 24.9 Å². The van der Waals surface area contributed by atoms with Gasteiger partial charge in [-0.05, 0) is 31.2 Å². The number of benzene rings is 1. The first-order valence-electron chi connectivity index (χ1n) is 12.3. The molecule has 5 atom stereocenters. The van der Waals surface area contributed by atoms with Crippen LogP contribution in [0.1, 0.15) is 31.2 Å². The largest absolute Gasteiger partial charge is 0.465 e. The molecule has 0 saturated carbocycles. The van der Waals surface area contributed by atoms with E-state index in [1.54, 1.807) is 28.8 Å². The number of nitrogens with zero attached hydrogens (tertiary/aromatic N) is 2. The van der Waals surface area contributed by atoms with Gasteiger partial charge in [-0.1, -0.05) is 42.5 Å². The number of allylic oxidation sites excluding steroid dienone is 1. The van der Waals surface area contributed by atoms with Gasteiger partial charge in [-0.2, -0.15) is 0 Å². The zero-order valence-electron chi connectivity index (χ0n) is 20.0. The molecule has 0 aromatic heterocycles. The lowest BCUT2D eigenvalue weighted by molar-refractivity contribution is -0.154. The summed E-state index contributed by atoms with van der Waals surface area (Å²) in [5.74, 6) is -1.91. The summed E-state index contributed by atoms with van der Waals surface area (Å²) < 4.78 is 4.88. The summed E-state index contributed by atoms with van der Waals surface area (Å²) in [6.07, 6.45) is 6.36. The number of unbranched alkanes of at least 4 members (excludes halogenated alkanes) is 1.